The van der Waals surface area contributed by atoms with Crippen LogP contribution in [0, 0.1) is 0 Å². The van der Waals surface area contributed by atoms with Gasteiger partial charge in [-0.25, -0.2) is 0 Å². The first kappa shape index (κ1) is 20.6. The molecule has 0 saturated carbocycles. The minimum absolute atomic E-state index is 0.162. The molecule has 29 heavy (non-hydrogen) atoms. The largest absolute Gasteiger partial charge is 0.416 e. The molecule has 5 nitrogen and oxygen atoms in total. The Labute approximate surface area is 165 Å². The number of imide groups is 1. The third kappa shape index (κ3) is 4.82. The van der Waals surface area contributed by atoms with E-state index < -0.39 is 11.7 Å². The summed E-state index contributed by atoms with van der Waals surface area (Å²) < 4.78 is 37.9. The molecule has 0 radical (unpaired) electrons. The average molecular weight is 404 g/mol. The summed E-state index contributed by atoms with van der Waals surface area (Å²) in [6.45, 7) is 0.336. The number of nitrogens with zero attached hydrogens (tertiary/aromatic N) is 2. The number of amides is 3. The fraction of sp³-hybridized carbons (Fsp3) is 0.286. The van der Waals surface area contributed by atoms with E-state index in [0.717, 1.165) is 17.7 Å². The van der Waals surface area contributed by atoms with Crippen molar-refractivity contribution in [1.82, 2.24) is 9.80 Å². The van der Waals surface area contributed by atoms with Crippen molar-refractivity contribution in [1.29, 1.82) is 0 Å². The minimum atomic E-state index is -4.40. The van der Waals surface area contributed by atoms with Crippen molar-refractivity contribution >= 4 is 17.7 Å². The molecule has 2 aromatic rings. The molecule has 8 heteroatoms. The maximum absolute atomic E-state index is 12.6. The van der Waals surface area contributed by atoms with E-state index in [1.807, 2.05) is 0 Å². The van der Waals surface area contributed by atoms with Gasteiger partial charge >= 0.3 is 6.18 Å². The second-order valence-corrected chi connectivity index (χ2v) is 6.93. The average Bonchev–Trinajstić information content (AvgIpc) is 2.99. The predicted molar refractivity (Wildman–Crippen MR) is 98.5 cm³/mol. The van der Waals surface area contributed by atoms with Crippen LogP contribution in [-0.4, -0.2) is 34.6 Å². The Morgan fingerprint density at radius 1 is 0.931 bits per heavy atom. The van der Waals surface area contributed by atoms with Crippen molar-refractivity contribution in [3.05, 3.63) is 70.8 Å². The Bertz CT molecular complexity index is 906. The van der Waals surface area contributed by atoms with Crippen molar-refractivity contribution in [3.8, 4) is 0 Å². The molecule has 1 heterocycles. The lowest BCUT2D eigenvalue weighted by molar-refractivity contribution is -0.139. The molecule has 0 atom stereocenters. The van der Waals surface area contributed by atoms with Crippen LogP contribution in [0.1, 0.15) is 39.9 Å². The lowest BCUT2D eigenvalue weighted by Gasteiger charge is -2.18. The zero-order valence-electron chi connectivity index (χ0n) is 15.7. The molecule has 2 aromatic carbocycles. The van der Waals surface area contributed by atoms with E-state index in [-0.39, 0.29) is 43.7 Å². The summed E-state index contributed by atoms with van der Waals surface area (Å²) in [6.07, 6.45) is -3.94. The van der Waals surface area contributed by atoms with Crippen LogP contribution in [0.3, 0.4) is 0 Å². The van der Waals surface area contributed by atoms with Gasteiger partial charge < -0.3 is 4.90 Å². The van der Waals surface area contributed by atoms with Crippen molar-refractivity contribution in [2.75, 3.05) is 7.05 Å². The van der Waals surface area contributed by atoms with Gasteiger partial charge in [0.25, 0.3) is 5.91 Å². The molecular formula is C21H19F3N2O3. The molecule has 0 aliphatic carbocycles. The van der Waals surface area contributed by atoms with Crippen LogP contribution in [0.2, 0.25) is 0 Å². The third-order valence-electron chi connectivity index (χ3n) is 4.74. The Morgan fingerprint density at radius 3 is 1.97 bits per heavy atom. The maximum Gasteiger partial charge on any atom is 0.416 e. The summed E-state index contributed by atoms with van der Waals surface area (Å²) in [5.41, 5.74) is 0.982. The van der Waals surface area contributed by atoms with E-state index in [0.29, 0.717) is 11.1 Å². The smallest absolute Gasteiger partial charge is 0.337 e. The van der Waals surface area contributed by atoms with Gasteiger partial charge in [0.1, 0.15) is 0 Å². The number of halogens is 3. The fourth-order valence-corrected chi connectivity index (χ4v) is 3.10. The molecule has 0 spiro atoms. The van der Waals surface area contributed by atoms with Gasteiger partial charge in [0.2, 0.25) is 11.8 Å². The number of likely N-dealkylation sites (tertiary alicyclic amines) is 1. The molecule has 1 saturated heterocycles. The summed E-state index contributed by atoms with van der Waals surface area (Å²) in [6, 6.07) is 11.2. The maximum atomic E-state index is 12.6. The molecule has 1 fully saturated rings. The predicted octanol–water partition coefficient (Wildman–Crippen LogP) is 3.63. The van der Waals surface area contributed by atoms with E-state index in [1.54, 1.807) is 31.3 Å². The van der Waals surface area contributed by atoms with Gasteiger partial charge in [-0.3, -0.25) is 19.3 Å². The molecule has 152 valence electrons. The number of carbonyl (C=O) groups is 3. The lowest BCUT2D eigenvalue weighted by Crippen LogP contribution is -2.28. The highest BCUT2D eigenvalue weighted by atomic mass is 19.4. The van der Waals surface area contributed by atoms with Crippen LogP contribution in [0.25, 0.3) is 0 Å². The van der Waals surface area contributed by atoms with E-state index in [4.69, 9.17) is 0 Å². The van der Waals surface area contributed by atoms with Gasteiger partial charge in [0, 0.05) is 32.0 Å². The zero-order chi connectivity index (χ0) is 21.2. The van der Waals surface area contributed by atoms with E-state index in [2.05, 4.69) is 0 Å². The molecular weight excluding hydrogens is 385 g/mol. The van der Waals surface area contributed by atoms with Gasteiger partial charge in [-0.2, -0.15) is 13.2 Å². The van der Waals surface area contributed by atoms with E-state index in [1.165, 1.54) is 21.9 Å². The number of alkyl halides is 3. The van der Waals surface area contributed by atoms with Crippen LogP contribution < -0.4 is 0 Å². The molecule has 0 N–H and O–H groups in total. The number of benzene rings is 2. The van der Waals surface area contributed by atoms with Crippen molar-refractivity contribution in [2.45, 2.75) is 32.1 Å². The van der Waals surface area contributed by atoms with Gasteiger partial charge in [-0.15, -0.1) is 0 Å². The first-order chi connectivity index (χ1) is 13.6. The third-order valence-corrected chi connectivity index (χ3v) is 4.74. The summed E-state index contributed by atoms with van der Waals surface area (Å²) in [5.74, 6) is -0.692. The highest BCUT2D eigenvalue weighted by Gasteiger charge is 2.30. The molecule has 0 aromatic heterocycles. The van der Waals surface area contributed by atoms with Crippen molar-refractivity contribution < 1.29 is 27.6 Å². The van der Waals surface area contributed by atoms with Gasteiger partial charge in [0.05, 0.1) is 12.1 Å². The number of carbonyl (C=O) groups excluding carboxylic acids is 3. The van der Waals surface area contributed by atoms with E-state index >= 15 is 0 Å². The second kappa shape index (κ2) is 8.06. The monoisotopic (exact) mass is 404 g/mol. The van der Waals surface area contributed by atoms with Crippen LogP contribution in [0.5, 0.6) is 0 Å². The highest BCUT2D eigenvalue weighted by Crippen LogP contribution is 2.29. The standard InChI is InChI=1S/C21H19F3N2O3/c1-25(12-14-4-8-17(9-5-14)21(22,23)24)20(29)16-6-2-15(3-7-16)13-26-18(27)10-11-19(26)28/h2-9H,10-13H2,1H3. The Kier molecular flexibility index (Phi) is 5.72. The molecule has 0 unspecified atom stereocenters. The fourth-order valence-electron chi connectivity index (χ4n) is 3.10. The summed E-state index contributed by atoms with van der Waals surface area (Å²) in [4.78, 5) is 38.5. The Morgan fingerprint density at radius 2 is 1.45 bits per heavy atom. The molecule has 1 aliphatic rings. The van der Waals surface area contributed by atoms with Gasteiger partial charge in [0.15, 0.2) is 0 Å². The van der Waals surface area contributed by atoms with Crippen LogP contribution in [-0.2, 0) is 28.9 Å². The van der Waals surface area contributed by atoms with Crippen LogP contribution in [0.15, 0.2) is 48.5 Å². The first-order valence-electron chi connectivity index (χ1n) is 8.99. The molecule has 3 rings (SSSR count). The summed E-state index contributed by atoms with van der Waals surface area (Å²) >= 11 is 0. The number of rotatable bonds is 5. The van der Waals surface area contributed by atoms with Crippen LogP contribution >= 0.6 is 0 Å². The van der Waals surface area contributed by atoms with Gasteiger partial charge in [-0.05, 0) is 35.4 Å². The van der Waals surface area contributed by atoms with Crippen LogP contribution in [0.4, 0.5) is 13.2 Å². The summed E-state index contributed by atoms with van der Waals surface area (Å²) in [5, 5.41) is 0. The Hall–Kier alpha value is -3.16. The molecule has 3 amide bonds. The highest BCUT2D eigenvalue weighted by molar-refractivity contribution is 6.01. The first-order valence-corrected chi connectivity index (χ1v) is 8.99. The van der Waals surface area contributed by atoms with Crippen molar-refractivity contribution in [2.24, 2.45) is 0 Å². The Balaban J connectivity index is 1.62. The zero-order valence-corrected chi connectivity index (χ0v) is 15.7. The summed E-state index contributed by atoms with van der Waals surface area (Å²) in [7, 11) is 1.56. The quantitative estimate of drug-likeness (QED) is 0.716. The van der Waals surface area contributed by atoms with Crippen molar-refractivity contribution in [3.63, 3.8) is 0 Å². The van der Waals surface area contributed by atoms with Gasteiger partial charge in [-0.1, -0.05) is 24.3 Å². The van der Waals surface area contributed by atoms with E-state index in [9.17, 15) is 27.6 Å². The molecule has 1 aliphatic heterocycles. The second-order valence-electron chi connectivity index (χ2n) is 6.93. The topological polar surface area (TPSA) is 57.7 Å². The normalized spacial score (nSPS) is 14.4. The molecule has 0 bridgehead atoms. The SMILES string of the molecule is CN(Cc1ccc(C(F)(F)F)cc1)C(=O)c1ccc(CN2C(=O)CCC2=O)cc1. The lowest BCUT2D eigenvalue weighted by atomic mass is 10.1. The minimum Gasteiger partial charge on any atom is -0.337 e. The number of hydrogen-bond donors (Lipinski definition) is 0. The number of hydrogen-bond acceptors (Lipinski definition) is 3.